The first-order valence-corrected chi connectivity index (χ1v) is 7.84. The topological polar surface area (TPSA) is 15.3 Å². The molecule has 1 N–H and O–H groups in total. The van der Waals surface area contributed by atoms with Crippen molar-refractivity contribution in [3.05, 3.63) is 0 Å². The quantitative estimate of drug-likeness (QED) is 0.566. The molecular weight excluding hydrogens is 260 g/mol. The smallest absolute Gasteiger partial charge is 0.0200 e. The van der Waals surface area contributed by atoms with E-state index >= 15 is 0 Å². The van der Waals surface area contributed by atoms with Crippen LogP contribution in [0.5, 0.6) is 0 Å². The lowest BCUT2D eigenvalue weighted by molar-refractivity contribution is 0.191. The number of hydrogen-bond acceptors (Lipinski definition) is 4. The highest BCUT2D eigenvalue weighted by Crippen LogP contribution is 2.16. The Morgan fingerprint density at radius 1 is 1.11 bits per heavy atom. The molecule has 0 fully saturated rings. The number of thiol groups is 2. The van der Waals surface area contributed by atoms with E-state index in [1.807, 2.05) is 0 Å². The summed E-state index contributed by atoms with van der Waals surface area (Å²) in [6.07, 6.45) is 1.19. The monoisotopic (exact) mass is 292 g/mol. The maximum absolute atomic E-state index is 4.64. The first kappa shape index (κ1) is 18.6. The van der Waals surface area contributed by atoms with Crippen LogP contribution in [0.15, 0.2) is 0 Å². The molecule has 0 spiro atoms. The first-order chi connectivity index (χ1) is 8.05. The van der Waals surface area contributed by atoms with Crippen LogP contribution >= 0.6 is 25.3 Å². The lowest BCUT2D eigenvalue weighted by Crippen LogP contribution is -2.47. The summed E-state index contributed by atoms with van der Waals surface area (Å²) in [5.41, 5.74) is 0. The van der Waals surface area contributed by atoms with Crippen molar-refractivity contribution in [2.45, 2.75) is 63.5 Å². The highest BCUT2D eigenvalue weighted by molar-refractivity contribution is 7.82. The van der Waals surface area contributed by atoms with Gasteiger partial charge in [0.2, 0.25) is 0 Å². The van der Waals surface area contributed by atoms with E-state index in [0.717, 1.165) is 26.2 Å². The Morgan fingerprint density at radius 3 is 2.06 bits per heavy atom. The summed E-state index contributed by atoms with van der Waals surface area (Å²) < 4.78 is 0.115. The molecule has 4 heteroatoms. The van der Waals surface area contributed by atoms with Crippen LogP contribution in [0.1, 0.15) is 48.0 Å². The second kappa shape index (κ2) is 8.03. The maximum Gasteiger partial charge on any atom is 0.0200 e. The van der Waals surface area contributed by atoms with E-state index in [-0.39, 0.29) is 9.49 Å². The molecule has 0 aromatic carbocycles. The maximum atomic E-state index is 4.64. The molecule has 0 radical (unpaired) electrons. The van der Waals surface area contributed by atoms with Crippen LogP contribution in [0, 0.1) is 0 Å². The summed E-state index contributed by atoms with van der Waals surface area (Å²) in [6, 6.07) is 0.534. The normalized spacial score (nSPS) is 15.2. The van der Waals surface area contributed by atoms with Gasteiger partial charge in [-0.05, 0) is 47.6 Å². The van der Waals surface area contributed by atoms with E-state index in [1.54, 1.807) is 0 Å². The Labute approximate surface area is 125 Å². The van der Waals surface area contributed by atoms with Crippen molar-refractivity contribution in [2.75, 3.05) is 26.2 Å². The van der Waals surface area contributed by atoms with Gasteiger partial charge in [0.1, 0.15) is 0 Å². The van der Waals surface area contributed by atoms with Crippen molar-refractivity contribution in [2.24, 2.45) is 0 Å². The first-order valence-electron chi connectivity index (χ1n) is 6.94. The standard InChI is InChI=1S/C14H32N2S2/c1-7-8-16(11-14(5,6)18)12(2)9-15-10-13(3,4)17/h12,15,17-18H,7-11H2,1-6H3. The van der Waals surface area contributed by atoms with Gasteiger partial charge in [0.05, 0.1) is 0 Å². The van der Waals surface area contributed by atoms with Crippen molar-refractivity contribution in [3.63, 3.8) is 0 Å². The van der Waals surface area contributed by atoms with Crippen molar-refractivity contribution in [1.82, 2.24) is 10.2 Å². The van der Waals surface area contributed by atoms with Gasteiger partial charge in [-0.2, -0.15) is 25.3 Å². The molecule has 0 saturated carbocycles. The largest absolute Gasteiger partial charge is 0.314 e. The van der Waals surface area contributed by atoms with E-state index in [1.165, 1.54) is 6.42 Å². The minimum atomic E-state index is 0.0537. The fourth-order valence-electron chi connectivity index (χ4n) is 1.96. The fourth-order valence-corrected chi connectivity index (χ4v) is 2.25. The second-order valence-electron chi connectivity index (χ2n) is 6.58. The molecule has 0 aliphatic carbocycles. The number of nitrogens with zero attached hydrogens (tertiary/aromatic N) is 1. The third kappa shape index (κ3) is 10.5. The summed E-state index contributed by atoms with van der Waals surface area (Å²) in [5, 5.41) is 3.51. The highest BCUT2D eigenvalue weighted by Gasteiger charge is 2.21. The molecule has 2 nitrogen and oxygen atoms in total. The van der Waals surface area contributed by atoms with Gasteiger partial charge in [-0.15, -0.1) is 0 Å². The second-order valence-corrected chi connectivity index (χ2v) is 9.00. The zero-order chi connectivity index (χ0) is 14.4. The lowest BCUT2D eigenvalue weighted by Gasteiger charge is -2.34. The number of rotatable bonds is 9. The molecule has 0 aliphatic rings. The van der Waals surface area contributed by atoms with E-state index < -0.39 is 0 Å². The van der Waals surface area contributed by atoms with Gasteiger partial charge in [-0.25, -0.2) is 0 Å². The number of nitrogens with one attached hydrogen (secondary N) is 1. The van der Waals surface area contributed by atoms with E-state index in [4.69, 9.17) is 0 Å². The van der Waals surface area contributed by atoms with Gasteiger partial charge < -0.3 is 5.32 Å². The Morgan fingerprint density at radius 2 is 1.67 bits per heavy atom. The van der Waals surface area contributed by atoms with Crippen LogP contribution in [0.3, 0.4) is 0 Å². The highest BCUT2D eigenvalue weighted by atomic mass is 32.1. The summed E-state index contributed by atoms with van der Waals surface area (Å²) in [6.45, 7) is 17.2. The third-order valence-corrected chi connectivity index (χ3v) is 3.02. The van der Waals surface area contributed by atoms with Crippen LogP contribution in [0.4, 0.5) is 0 Å². The molecule has 0 aliphatic heterocycles. The van der Waals surface area contributed by atoms with Gasteiger partial charge in [0.25, 0.3) is 0 Å². The Bertz CT molecular complexity index is 219. The summed E-state index contributed by atoms with van der Waals surface area (Å²) in [5.74, 6) is 0. The van der Waals surface area contributed by atoms with Gasteiger partial charge in [0, 0.05) is 35.2 Å². The van der Waals surface area contributed by atoms with Crippen LogP contribution in [0.25, 0.3) is 0 Å². The Kier molecular flexibility index (Phi) is 8.31. The summed E-state index contributed by atoms with van der Waals surface area (Å²) >= 11 is 9.17. The molecule has 1 unspecified atom stereocenters. The van der Waals surface area contributed by atoms with Gasteiger partial charge in [-0.3, -0.25) is 4.90 Å². The van der Waals surface area contributed by atoms with Crippen LogP contribution in [-0.4, -0.2) is 46.6 Å². The molecule has 0 aromatic rings. The zero-order valence-electron chi connectivity index (χ0n) is 13.0. The van der Waals surface area contributed by atoms with E-state index in [9.17, 15) is 0 Å². The molecule has 0 heterocycles. The van der Waals surface area contributed by atoms with Crippen LogP contribution in [0.2, 0.25) is 0 Å². The SMILES string of the molecule is CCCN(CC(C)(C)S)C(C)CNCC(C)(C)S. The van der Waals surface area contributed by atoms with Crippen LogP contribution in [-0.2, 0) is 0 Å². The Balaban J connectivity index is 4.18. The zero-order valence-corrected chi connectivity index (χ0v) is 14.7. The molecule has 0 bridgehead atoms. The number of hydrogen-bond donors (Lipinski definition) is 3. The van der Waals surface area contributed by atoms with Crippen LogP contribution < -0.4 is 5.32 Å². The molecule has 110 valence electrons. The minimum Gasteiger partial charge on any atom is -0.314 e. The van der Waals surface area contributed by atoms with E-state index in [0.29, 0.717) is 6.04 Å². The average Bonchev–Trinajstić information content (AvgIpc) is 2.12. The molecule has 0 saturated heterocycles. The molecular formula is C14H32N2S2. The average molecular weight is 293 g/mol. The minimum absolute atomic E-state index is 0.0537. The molecule has 0 rings (SSSR count). The van der Waals surface area contributed by atoms with Crippen molar-refractivity contribution >= 4 is 25.3 Å². The fraction of sp³-hybridized carbons (Fsp3) is 1.00. The molecule has 1 atom stereocenters. The van der Waals surface area contributed by atoms with Crippen molar-refractivity contribution in [1.29, 1.82) is 0 Å². The van der Waals surface area contributed by atoms with Gasteiger partial charge in [-0.1, -0.05) is 6.92 Å². The van der Waals surface area contributed by atoms with Gasteiger partial charge >= 0.3 is 0 Å². The van der Waals surface area contributed by atoms with E-state index in [2.05, 4.69) is 77.0 Å². The van der Waals surface area contributed by atoms with Crippen molar-refractivity contribution in [3.8, 4) is 0 Å². The molecule has 0 amide bonds. The third-order valence-electron chi connectivity index (χ3n) is 2.72. The Hall–Kier alpha value is 0.620. The molecule has 0 aromatic heterocycles. The predicted octanol–water partition coefficient (Wildman–Crippen LogP) is 3.09. The summed E-state index contributed by atoms with van der Waals surface area (Å²) in [4.78, 5) is 2.52. The van der Waals surface area contributed by atoms with Gasteiger partial charge in [0.15, 0.2) is 0 Å². The molecule has 18 heavy (non-hydrogen) atoms. The summed E-state index contributed by atoms with van der Waals surface area (Å²) in [7, 11) is 0. The lowest BCUT2D eigenvalue weighted by atomic mass is 10.1. The predicted molar refractivity (Wildman–Crippen MR) is 90.3 cm³/mol. The van der Waals surface area contributed by atoms with Crippen molar-refractivity contribution < 1.29 is 0 Å².